The number of nitrogens with one attached hydrogen (secondary N) is 1. The van der Waals surface area contributed by atoms with Gasteiger partial charge in [0.05, 0.1) is 6.07 Å². The van der Waals surface area contributed by atoms with E-state index >= 15 is 0 Å². The van der Waals surface area contributed by atoms with E-state index in [0.29, 0.717) is 24.3 Å². The predicted octanol–water partition coefficient (Wildman–Crippen LogP) is 5.35. The third-order valence-electron chi connectivity index (χ3n) is 8.55. The second-order valence-corrected chi connectivity index (χ2v) is 20.3. The van der Waals surface area contributed by atoms with Crippen LogP contribution in [0.25, 0.3) is 0 Å². The molecule has 1 aliphatic heterocycles. The molecule has 2 heterocycles. The van der Waals surface area contributed by atoms with E-state index in [1.54, 1.807) is 12.3 Å². The third kappa shape index (κ3) is 11.1. The van der Waals surface area contributed by atoms with E-state index in [4.69, 9.17) is 22.9 Å². The fourth-order valence-electron chi connectivity index (χ4n) is 4.59. The number of rotatable bonds is 18. The van der Waals surface area contributed by atoms with Gasteiger partial charge in [0.15, 0.2) is 0 Å². The molecule has 0 radical (unpaired) electrons. The van der Waals surface area contributed by atoms with Gasteiger partial charge in [-0.2, -0.15) is 5.26 Å². The topological polar surface area (TPSA) is 120 Å². The van der Waals surface area contributed by atoms with Crippen molar-refractivity contribution in [2.75, 3.05) is 25.0 Å². The maximum atomic E-state index is 13.4. The minimum atomic E-state index is -2.38. The molecule has 0 amide bonds. The summed E-state index contributed by atoms with van der Waals surface area (Å²) in [6.07, 6.45) is -0.799. The van der Waals surface area contributed by atoms with Gasteiger partial charge in [0.2, 0.25) is 0 Å². The van der Waals surface area contributed by atoms with Gasteiger partial charge in [0.1, 0.15) is 0 Å². The maximum absolute atomic E-state index is 13.4. The van der Waals surface area contributed by atoms with Gasteiger partial charge in [0, 0.05) is 0 Å². The van der Waals surface area contributed by atoms with E-state index in [9.17, 15) is 10.1 Å². The van der Waals surface area contributed by atoms with Crippen LogP contribution in [-0.4, -0.2) is 87.1 Å². The Morgan fingerprint density at radius 2 is 1.84 bits per heavy atom. The molecule has 1 aromatic heterocycles. The van der Waals surface area contributed by atoms with Gasteiger partial charge in [0.25, 0.3) is 0 Å². The van der Waals surface area contributed by atoms with E-state index in [0.717, 1.165) is 0 Å². The first kappa shape index (κ1) is 39.9. The minimum absolute atomic E-state index is 0.0871. The fourth-order valence-corrected chi connectivity index (χ4v) is 7.65. The molecule has 0 bridgehead atoms. The van der Waals surface area contributed by atoms with E-state index in [2.05, 4.69) is 111 Å². The second-order valence-electron chi connectivity index (χ2n) is 14.1. The normalized spacial score (nSPS) is 22.2. The zero-order chi connectivity index (χ0) is 34.1. The van der Waals surface area contributed by atoms with Crippen molar-refractivity contribution in [2.24, 2.45) is 11.8 Å². The molecule has 45 heavy (non-hydrogen) atoms. The molecule has 0 aliphatic carbocycles. The first-order valence-corrected chi connectivity index (χ1v) is 20.1. The van der Waals surface area contributed by atoms with E-state index in [-0.39, 0.29) is 36.8 Å². The number of hydrogen-bond donors (Lipinski definition) is 1. The molecule has 1 N–H and O–H groups in total. The van der Waals surface area contributed by atoms with Crippen LogP contribution in [0, 0.1) is 23.2 Å². The van der Waals surface area contributed by atoms with Gasteiger partial charge in [-0.1, -0.05) is 20.8 Å². The molecule has 2 rings (SSSR count). The summed E-state index contributed by atoms with van der Waals surface area (Å²) < 4.78 is 36.9. The number of hydrogen-bond acceptors (Lipinski definition) is 10. The van der Waals surface area contributed by atoms with Crippen LogP contribution in [0.1, 0.15) is 81.9 Å². The van der Waals surface area contributed by atoms with E-state index < -0.39 is 47.1 Å². The molecule has 1 saturated heterocycles. The summed E-state index contributed by atoms with van der Waals surface area (Å²) in [5.41, 5.74) is -0.499. The monoisotopic (exact) mass is 663 g/mol. The molecule has 0 saturated carbocycles. The predicted molar refractivity (Wildman–Crippen MR) is 186 cm³/mol. The van der Waals surface area contributed by atoms with Crippen molar-refractivity contribution in [3.05, 3.63) is 22.7 Å². The van der Waals surface area contributed by atoms with Crippen LogP contribution in [0.5, 0.6) is 0 Å². The van der Waals surface area contributed by atoms with E-state index in [1.807, 2.05) is 0 Å². The van der Waals surface area contributed by atoms with Crippen LogP contribution < -0.4 is 10.9 Å². The fraction of sp³-hybridized carbons (Fsp3) is 0.833. The van der Waals surface area contributed by atoms with Gasteiger partial charge in [-0.15, -0.1) is 0 Å². The Hall–Kier alpha value is -1.29. The van der Waals surface area contributed by atoms with Gasteiger partial charge < -0.3 is 0 Å². The summed E-state index contributed by atoms with van der Waals surface area (Å²) in [5.74, 6) is 1.21. The number of ether oxygens (including phenoxy) is 2. The summed E-state index contributed by atoms with van der Waals surface area (Å²) in [4.78, 5) is 17.6. The van der Waals surface area contributed by atoms with E-state index in [1.165, 1.54) is 11.5 Å². The molecular formula is C30H56B2N5O6PSi. The van der Waals surface area contributed by atoms with Crippen LogP contribution in [0.15, 0.2) is 17.1 Å². The van der Waals surface area contributed by atoms with Gasteiger partial charge >= 0.3 is 237 Å². The summed E-state index contributed by atoms with van der Waals surface area (Å²) in [6, 6.07) is 4.03. The van der Waals surface area contributed by atoms with Crippen molar-refractivity contribution in [2.45, 2.75) is 130 Å². The van der Waals surface area contributed by atoms with Crippen molar-refractivity contribution in [3.63, 3.8) is 0 Å². The van der Waals surface area contributed by atoms with Gasteiger partial charge in [-0.25, -0.2) is 0 Å². The van der Waals surface area contributed by atoms with Crippen molar-refractivity contribution >= 4 is 37.0 Å². The number of anilines is 1. The quantitative estimate of drug-likeness (QED) is 0.125. The first-order valence-electron chi connectivity index (χ1n) is 16.1. The molecule has 6 atom stereocenters. The molecule has 1 aromatic rings. The van der Waals surface area contributed by atoms with Crippen molar-refractivity contribution < 1.29 is 22.9 Å². The van der Waals surface area contributed by atoms with Gasteiger partial charge in [-0.3, -0.25) is 0 Å². The van der Waals surface area contributed by atoms with Crippen LogP contribution >= 0.6 is 8.53 Å². The molecule has 1 fully saturated rings. The van der Waals surface area contributed by atoms with Crippen LogP contribution in [-0.2, 0) is 22.9 Å². The van der Waals surface area contributed by atoms with Crippen molar-refractivity contribution in [1.82, 2.24) is 14.2 Å². The first-order chi connectivity index (χ1) is 20.9. The Morgan fingerprint density at radius 3 is 2.36 bits per heavy atom. The summed E-state index contributed by atoms with van der Waals surface area (Å²) in [6.45, 7) is 28.4. The summed E-state index contributed by atoms with van der Waals surface area (Å²) >= 11 is 0. The molecule has 0 aromatic carbocycles. The summed E-state index contributed by atoms with van der Waals surface area (Å²) in [5, 5.41) is 12.0. The number of nitrogens with zero attached hydrogens (tertiary/aromatic N) is 4. The average Bonchev–Trinajstić information content (AvgIpc) is 3.23. The Balaban J connectivity index is 2.67. The third-order valence-corrected chi connectivity index (χ3v) is 15.2. The van der Waals surface area contributed by atoms with Gasteiger partial charge in [-0.05, 0) is 5.92 Å². The molecule has 0 spiro atoms. The molecule has 1 aliphatic rings. The number of nitriles is 1. The zero-order valence-corrected chi connectivity index (χ0v) is 31.5. The summed E-state index contributed by atoms with van der Waals surface area (Å²) in [7, 11) is -0.392. The van der Waals surface area contributed by atoms with Crippen LogP contribution in [0.3, 0.4) is 0 Å². The molecular weight excluding hydrogens is 607 g/mol. The Morgan fingerprint density at radius 1 is 1.20 bits per heavy atom. The van der Waals surface area contributed by atoms with Crippen LogP contribution in [0.2, 0.25) is 18.1 Å². The average molecular weight is 663 g/mol. The molecule has 15 heteroatoms. The van der Waals surface area contributed by atoms with Crippen LogP contribution in [0.4, 0.5) is 5.82 Å². The number of aromatic nitrogens is 2. The molecule has 11 nitrogen and oxygen atoms in total. The Labute approximate surface area is 275 Å². The standard InChI is InChI=1S/C30H56B2N5O6PSi/c1-20(2)23(7)18-39-19-24-26(43-45(11,12)30(8,9)10)27(28(41-24)36-16-14-25(35-32-31)34-29(36)38)42-44(40-17-13-15-33)37(21(3)4)22(5)6/h14,16,20-24,26-28,31H,13,17-19H2,1-12H3,(H,34,35,38)/t23?,24?,26?,27?,28-,44?/m1/s1. The second kappa shape index (κ2) is 17.7. The molecule has 5 unspecified atom stereocenters. The molecule has 252 valence electrons. The van der Waals surface area contributed by atoms with Crippen molar-refractivity contribution in [1.29, 1.82) is 5.26 Å². The Kier molecular flexibility index (Phi) is 15.7. The van der Waals surface area contributed by atoms with Crippen molar-refractivity contribution in [3.8, 4) is 6.07 Å². The zero-order valence-electron chi connectivity index (χ0n) is 29.6. The SMILES string of the molecule is B=BNc1ccn([C@@H]2OC(COCC(C)C(C)C)C(O[Si](C)(C)C(C)(C)C)C2OP(OCCC#N)N(C(C)C)C(C)C)c(=O)n1. The Bertz CT molecular complexity index is 1170.